The molecule has 0 aliphatic carbocycles. The van der Waals surface area contributed by atoms with E-state index < -0.39 is 49.9 Å². The number of hydrogen-bond acceptors (Lipinski definition) is 4. The zero-order chi connectivity index (χ0) is 26.1. The van der Waals surface area contributed by atoms with Crippen LogP contribution in [0, 0.1) is 11.8 Å². The molecule has 2 aliphatic rings. The summed E-state index contributed by atoms with van der Waals surface area (Å²) < 4.78 is 98.2. The summed E-state index contributed by atoms with van der Waals surface area (Å²) >= 11 is 0. The highest BCUT2D eigenvalue weighted by Crippen LogP contribution is 2.43. The van der Waals surface area contributed by atoms with Crippen molar-refractivity contribution < 1.29 is 29.7 Å². The molecule has 1 aromatic rings. The molecule has 23 heavy (non-hydrogen) atoms. The molecule has 128 valence electrons. The van der Waals surface area contributed by atoms with E-state index in [4.69, 9.17) is 23.2 Å². The second-order valence-electron chi connectivity index (χ2n) is 6.36. The lowest BCUT2D eigenvalue weighted by atomic mass is 9.79. The van der Waals surface area contributed by atoms with Crippen molar-refractivity contribution in [1.82, 2.24) is 4.90 Å². The molecule has 1 aromatic carbocycles. The van der Waals surface area contributed by atoms with Crippen LogP contribution in [-0.2, 0) is 6.42 Å². The summed E-state index contributed by atoms with van der Waals surface area (Å²) in [7, 11) is -5.93. The third-order valence-electron chi connectivity index (χ3n) is 4.22. The molecule has 0 aromatic heterocycles. The molecule has 3 rings (SSSR count). The molecule has 1 saturated heterocycles. The minimum Gasteiger partial charge on any atom is -0.493 e. The Morgan fingerprint density at radius 1 is 1.39 bits per heavy atom. The minimum absolute atomic E-state index is 0.0186. The van der Waals surface area contributed by atoms with Crippen LogP contribution in [0.25, 0.3) is 0 Å². The van der Waals surface area contributed by atoms with E-state index in [2.05, 4.69) is 0 Å². The number of benzene rings is 1. The van der Waals surface area contributed by atoms with Crippen LogP contribution < -0.4 is 9.47 Å². The lowest BCUT2D eigenvalue weighted by Crippen LogP contribution is -2.48. The van der Waals surface area contributed by atoms with Crippen molar-refractivity contribution >= 4 is 0 Å². The van der Waals surface area contributed by atoms with Crippen molar-refractivity contribution in [3.8, 4) is 11.5 Å². The van der Waals surface area contributed by atoms with Gasteiger partial charge < -0.3 is 14.6 Å². The predicted molar refractivity (Wildman–Crippen MR) is 91.1 cm³/mol. The number of aliphatic hydroxyl groups is 1. The number of fused-ring (bicyclic) bond motifs is 3. The SMILES string of the molecule is [2H]C([2H])([2H])Oc1cc2c(cc1OC([2H])([2H])[2H])C1([2H])N(CC2)CC([2H])(CC(C)C)C([2H])(O)C1([2H])[2H]. The predicted octanol–water partition coefficient (Wildman–Crippen LogP) is 3.03. The van der Waals surface area contributed by atoms with Gasteiger partial charge in [-0.05, 0) is 54.3 Å². The summed E-state index contributed by atoms with van der Waals surface area (Å²) in [6.07, 6.45) is -5.76. The van der Waals surface area contributed by atoms with Gasteiger partial charge >= 0.3 is 0 Å². The summed E-state index contributed by atoms with van der Waals surface area (Å²) in [5, 5.41) is 11.1. The van der Waals surface area contributed by atoms with Gasteiger partial charge in [0.15, 0.2) is 11.5 Å². The van der Waals surface area contributed by atoms with Crippen LogP contribution in [0.4, 0.5) is 0 Å². The van der Waals surface area contributed by atoms with Crippen LogP contribution >= 0.6 is 0 Å². The topological polar surface area (TPSA) is 41.9 Å². The molecule has 0 radical (unpaired) electrons. The first kappa shape index (κ1) is 7.75. The maximum absolute atomic E-state index is 11.1. The van der Waals surface area contributed by atoms with Crippen LogP contribution in [0.15, 0.2) is 12.1 Å². The summed E-state index contributed by atoms with van der Waals surface area (Å²) in [6, 6.07) is -0.147. The maximum atomic E-state index is 11.1. The Balaban J connectivity index is 2.22. The van der Waals surface area contributed by atoms with E-state index in [9.17, 15) is 6.48 Å². The van der Waals surface area contributed by atoms with Gasteiger partial charge in [-0.15, -0.1) is 0 Å². The molecule has 3 atom stereocenters. The number of piperidine rings is 1. The molecular weight excluding hydrogens is 290 g/mol. The summed E-state index contributed by atoms with van der Waals surface area (Å²) in [5.74, 6) is -2.99. The van der Waals surface area contributed by atoms with E-state index in [1.54, 1.807) is 13.8 Å². The Kier molecular flexibility index (Phi) is 2.26. The van der Waals surface area contributed by atoms with E-state index in [0.717, 1.165) is 6.07 Å². The van der Waals surface area contributed by atoms with Gasteiger partial charge in [-0.2, -0.15) is 0 Å². The third kappa shape index (κ3) is 3.20. The summed E-state index contributed by atoms with van der Waals surface area (Å²) in [5.41, 5.74) is 0.211. The second-order valence-corrected chi connectivity index (χ2v) is 6.36. The molecule has 0 amide bonds. The third-order valence-corrected chi connectivity index (χ3v) is 4.22. The van der Waals surface area contributed by atoms with E-state index in [0.29, 0.717) is 5.56 Å². The normalized spacial score (nSPS) is 47.4. The van der Waals surface area contributed by atoms with Crippen molar-refractivity contribution in [2.24, 2.45) is 11.8 Å². The van der Waals surface area contributed by atoms with Crippen LogP contribution in [0.3, 0.4) is 0 Å². The van der Waals surface area contributed by atoms with E-state index >= 15 is 0 Å². The van der Waals surface area contributed by atoms with Gasteiger partial charge in [-0.25, -0.2) is 0 Å². The van der Waals surface area contributed by atoms with Crippen molar-refractivity contribution in [3.05, 3.63) is 23.3 Å². The maximum Gasteiger partial charge on any atom is 0.161 e. The molecule has 1 fully saturated rings. The number of nitrogens with zero attached hydrogens (tertiary/aromatic N) is 1. The average molecular weight is 331 g/mol. The fourth-order valence-corrected chi connectivity index (χ4v) is 3.19. The van der Waals surface area contributed by atoms with Gasteiger partial charge in [-0.3, -0.25) is 4.90 Å². The highest BCUT2D eigenvalue weighted by Gasteiger charge is 2.38. The Labute approximate surface area is 154 Å². The monoisotopic (exact) mass is 330 g/mol. The van der Waals surface area contributed by atoms with Crippen LogP contribution in [0.1, 0.15) is 58.9 Å². The Hall–Kier alpha value is -1.26. The van der Waals surface area contributed by atoms with Gasteiger partial charge in [0.05, 0.1) is 31.1 Å². The standard InChI is InChI=1S/C19H29NO3/c1-12(2)7-14-11-20-6-5-13-8-18(22-3)19(23-4)9-15(13)16(20)10-17(14)21/h8-9,12,14,16-17,21H,5-7,10-11H2,1-4H3/i3D3,4D3,10D2,14D,16D,17D. The lowest BCUT2D eigenvalue weighted by Gasteiger charge is -2.46. The molecule has 3 unspecified atom stereocenters. The van der Waals surface area contributed by atoms with E-state index in [-0.39, 0.29) is 37.4 Å². The molecule has 2 aliphatic heterocycles. The van der Waals surface area contributed by atoms with Crippen LogP contribution in [0.5, 0.6) is 11.5 Å². The molecule has 4 nitrogen and oxygen atoms in total. The molecule has 0 saturated carbocycles. The number of hydrogen-bond donors (Lipinski definition) is 1. The first-order valence-electron chi connectivity index (χ1n) is 13.2. The molecule has 1 N–H and O–H groups in total. The molecular formula is C19H29NO3. The van der Waals surface area contributed by atoms with Gasteiger partial charge in [-0.1, -0.05) is 13.8 Å². The smallest absolute Gasteiger partial charge is 0.161 e. The first-order valence-corrected chi connectivity index (χ1v) is 7.67. The van der Waals surface area contributed by atoms with E-state index in [1.165, 1.54) is 11.0 Å². The van der Waals surface area contributed by atoms with Crippen LogP contribution in [-0.4, -0.2) is 43.3 Å². The van der Waals surface area contributed by atoms with Crippen molar-refractivity contribution in [2.75, 3.05) is 27.2 Å². The van der Waals surface area contributed by atoms with Gasteiger partial charge in [0.1, 0.15) is 0 Å². The average Bonchev–Trinajstić information content (AvgIpc) is 2.61. The molecule has 0 spiro atoms. The first-order chi connectivity index (χ1) is 15.1. The van der Waals surface area contributed by atoms with Crippen molar-refractivity contribution in [2.45, 2.75) is 45.2 Å². The molecule has 0 bridgehead atoms. The second kappa shape index (κ2) is 6.70. The zero-order valence-corrected chi connectivity index (χ0v) is 13.3. The number of rotatable bonds is 4. The fraction of sp³-hybridized carbons (Fsp3) is 0.684. The van der Waals surface area contributed by atoms with Gasteiger partial charge in [0, 0.05) is 23.2 Å². The fourth-order valence-electron chi connectivity index (χ4n) is 3.19. The lowest BCUT2D eigenvalue weighted by molar-refractivity contribution is -0.0191. The molecule has 2 heterocycles. The molecule has 4 heteroatoms. The van der Waals surface area contributed by atoms with Gasteiger partial charge in [0.25, 0.3) is 0 Å². The van der Waals surface area contributed by atoms with Crippen molar-refractivity contribution in [3.63, 3.8) is 0 Å². The highest BCUT2D eigenvalue weighted by molar-refractivity contribution is 5.49. The van der Waals surface area contributed by atoms with E-state index in [1.807, 2.05) is 0 Å². The number of methoxy groups -OCH3 is 2. The van der Waals surface area contributed by atoms with Crippen molar-refractivity contribution in [1.29, 1.82) is 0 Å². The number of ether oxygens (including phenoxy) is 2. The Morgan fingerprint density at radius 3 is 2.83 bits per heavy atom. The Morgan fingerprint density at radius 2 is 2.13 bits per heavy atom. The zero-order valence-electron chi connectivity index (χ0n) is 24.3. The van der Waals surface area contributed by atoms with Gasteiger partial charge in [0.2, 0.25) is 0 Å². The highest BCUT2D eigenvalue weighted by atomic mass is 16.5. The largest absolute Gasteiger partial charge is 0.493 e. The minimum atomic E-state index is -3.01. The Bertz CT molecular complexity index is 947. The quantitative estimate of drug-likeness (QED) is 0.921. The summed E-state index contributed by atoms with van der Waals surface area (Å²) in [4.78, 5) is 1.37. The summed E-state index contributed by atoms with van der Waals surface area (Å²) in [6.45, 7) is 3.41. The van der Waals surface area contributed by atoms with Crippen LogP contribution in [0.2, 0.25) is 0 Å².